The van der Waals surface area contributed by atoms with Gasteiger partial charge in [0.25, 0.3) is 0 Å². The Kier molecular flexibility index (Phi) is 2.98. The molecule has 19 heavy (non-hydrogen) atoms. The molecule has 3 aromatic rings. The molecule has 0 radical (unpaired) electrons. The molecule has 0 aliphatic heterocycles. The van der Waals surface area contributed by atoms with Crippen molar-refractivity contribution in [2.45, 2.75) is 0 Å². The van der Waals surface area contributed by atoms with Crippen LogP contribution in [0.4, 0.5) is 5.69 Å². The van der Waals surface area contributed by atoms with Gasteiger partial charge in [-0.15, -0.1) is 0 Å². The molecule has 94 valence electrons. The summed E-state index contributed by atoms with van der Waals surface area (Å²) in [5, 5.41) is 4.22. The zero-order valence-electron chi connectivity index (χ0n) is 10.6. The molecule has 0 fully saturated rings. The van der Waals surface area contributed by atoms with Crippen LogP contribution in [-0.2, 0) is 7.05 Å². The number of fused-ring (bicyclic) bond motifs is 1. The summed E-state index contributed by atoms with van der Waals surface area (Å²) in [6, 6.07) is 16.0. The van der Waals surface area contributed by atoms with Crippen molar-refractivity contribution in [2.75, 3.05) is 5.43 Å². The standard InChI is InChI=1S/C15H14N4/c1-19-11-16-14-9-12(7-8-15(14)19)10-17-18-13-5-3-2-4-6-13/h2-11,18H,1H3. The van der Waals surface area contributed by atoms with Gasteiger partial charge in [0.2, 0.25) is 0 Å². The molecule has 3 rings (SSSR count). The molecule has 0 saturated heterocycles. The third kappa shape index (κ3) is 2.47. The number of nitrogens with one attached hydrogen (secondary N) is 1. The average Bonchev–Trinajstić information content (AvgIpc) is 2.81. The minimum absolute atomic E-state index is 0.970. The fraction of sp³-hybridized carbons (Fsp3) is 0.0667. The van der Waals surface area contributed by atoms with Gasteiger partial charge in [-0.05, 0) is 29.8 Å². The van der Waals surface area contributed by atoms with E-state index in [1.165, 1.54) is 0 Å². The second-order valence-corrected chi connectivity index (χ2v) is 4.34. The molecule has 1 N–H and O–H groups in total. The Hall–Kier alpha value is -2.62. The SMILES string of the molecule is Cn1cnc2cc(C=NNc3ccccc3)ccc21. The maximum Gasteiger partial charge on any atom is 0.0955 e. The van der Waals surface area contributed by atoms with Crippen LogP contribution in [0, 0.1) is 0 Å². The van der Waals surface area contributed by atoms with E-state index in [0.29, 0.717) is 0 Å². The summed E-state index contributed by atoms with van der Waals surface area (Å²) >= 11 is 0. The third-order valence-corrected chi connectivity index (χ3v) is 2.93. The second-order valence-electron chi connectivity index (χ2n) is 4.34. The Bertz CT molecular complexity index is 713. The van der Waals surface area contributed by atoms with Crippen LogP contribution in [0.15, 0.2) is 60.0 Å². The number of imidazole rings is 1. The number of benzene rings is 2. The summed E-state index contributed by atoms with van der Waals surface area (Å²) in [6.07, 6.45) is 3.61. The summed E-state index contributed by atoms with van der Waals surface area (Å²) in [6.45, 7) is 0. The second kappa shape index (κ2) is 4.94. The maximum atomic E-state index is 4.33. The maximum absolute atomic E-state index is 4.33. The first-order chi connectivity index (χ1) is 9.33. The Morgan fingerprint density at radius 3 is 2.84 bits per heavy atom. The Balaban J connectivity index is 1.78. The van der Waals surface area contributed by atoms with E-state index < -0.39 is 0 Å². The van der Waals surface area contributed by atoms with Crippen molar-refractivity contribution in [3.8, 4) is 0 Å². The Labute approximate surface area is 111 Å². The molecular formula is C15H14N4. The molecular weight excluding hydrogens is 236 g/mol. The van der Waals surface area contributed by atoms with Crippen molar-refractivity contribution < 1.29 is 0 Å². The van der Waals surface area contributed by atoms with E-state index in [9.17, 15) is 0 Å². The lowest BCUT2D eigenvalue weighted by Gasteiger charge is -1.99. The van der Waals surface area contributed by atoms with Crippen LogP contribution < -0.4 is 5.43 Å². The zero-order chi connectivity index (χ0) is 13.1. The Morgan fingerprint density at radius 1 is 1.16 bits per heavy atom. The van der Waals surface area contributed by atoms with Crippen LogP contribution in [0.3, 0.4) is 0 Å². The Morgan fingerprint density at radius 2 is 2.00 bits per heavy atom. The van der Waals surface area contributed by atoms with Crippen LogP contribution >= 0.6 is 0 Å². The highest BCUT2D eigenvalue weighted by molar-refractivity contribution is 5.87. The predicted octanol–water partition coefficient (Wildman–Crippen LogP) is 3.02. The largest absolute Gasteiger partial charge is 0.334 e. The van der Waals surface area contributed by atoms with Gasteiger partial charge in [0.05, 0.1) is 29.3 Å². The monoisotopic (exact) mass is 250 g/mol. The quantitative estimate of drug-likeness (QED) is 0.573. The van der Waals surface area contributed by atoms with E-state index >= 15 is 0 Å². The van der Waals surface area contributed by atoms with Gasteiger partial charge in [-0.25, -0.2) is 4.98 Å². The van der Waals surface area contributed by atoms with Crippen molar-refractivity contribution in [3.05, 3.63) is 60.4 Å². The number of hydrazone groups is 1. The smallest absolute Gasteiger partial charge is 0.0955 e. The van der Waals surface area contributed by atoms with E-state index in [1.54, 1.807) is 6.21 Å². The molecule has 4 heteroatoms. The normalized spacial score (nSPS) is 11.2. The lowest BCUT2D eigenvalue weighted by molar-refractivity contribution is 0.947. The van der Waals surface area contributed by atoms with Crippen molar-refractivity contribution in [3.63, 3.8) is 0 Å². The number of hydrogen-bond donors (Lipinski definition) is 1. The van der Waals surface area contributed by atoms with Crippen LogP contribution in [0.2, 0.25) is 0 Å². The molecule has 0 spiro atoms. The number of rotatable bonds is 3. The van der Waals surface area contributed by atoms with E-state index in [2.05, 4.69) is 15.5 Å². The van der Waals surface area contributed by atoms with Gasteiger partial charge in [0, 0.05) is 7.05 Å². The van der Waals surface area contributed by atoms with Crippen molar-refractivity contribution in [2.24, 2.45) is 12.1 Å². The number of anilines is 1. The molecule has 0 aliphatic carbocycles. The minimum Gasteiger partial charge on any atom is -0.334 e. The molecule has 0 aliphatic rings. The fourth-order valence-electron chi connectivity index (χ4n) is 1.93. The van der Waals surface area contributed by atoms with Crippen LogP contribution in [0.25, 0.3) is 11.0 Å². The van der Waals surface area contributed by atoms with Gasteiger partial charge < -0.3 is 4.57 Å². The predicted molar refractivity (Wildman–Crippen MR) is 78.4 cm³/mol. The van der Waals surface area contributed by atoms with Crippen molar-refractivity contribution in [1.29, 1.82) is 0 Å². The molecule has 2 aromatic carbocycles. The fourth-order valence-corrected chi connectivity index (χ4v) is 1.93. The summed E-state index contributed by atoms with van der Waals surface area (Å²) in [5.74, 6) is 0. The van der Waals surface area contributed by atoms with Gasteiger partial charge in [0.1, 0.15) is 0 Å². The summed E-state index contributed by atoms with van der Waals surface area (Å²) in [7, 11) is 1.99. The summed E-state index contributed by atoms with van der Waals surface area (Å²) in [4.78, 5) is 4.33. The lowest BCUT2D eigenvalue weighted by Crippen LogP contribution is -1.90. The lowest BCUT2D eigenvalue weighted by atomic mass is 10.2. The highest BCUT2D eigenvalue weighted by Gasteiger charge is 1.99. The summed E-state index contributed by atoms with van der Waals surface area (Å²) in [5.41, 5.74) is 7.08. The van der Waals surface area contributed by atoms with Gasteiger partial charge in [-0.1, -0.05) is 24.3 Å². The van der Waals surface area contributed by atoms with Crippen molar-refractivity contribution >= 4 is 22.9 Å². The van der Waals surface area contributed by atoms with Gasteiger partial charge in [0.15, 0.2) is 0 Å². The van der Waals surface area contributed by atoms with Gasteiger partial charge in [-0.3, -0.25) is 5.43 Å². The molecule has 0 amide bonds. The highest BCUT2D eigenvalue weighted by atomic mass is 15.3. The topological polar surface area (TPSA) is 42.2 Å². The summed E-state index contributed by atoms with van der Waals surface area (Å²) < 4.78 is 2.00. The molecule has 0 atom stereocenters. The highest BCUT2D eigenvalue weighted by Crippen LogP contribution is 2.12. The van der Waals surface area contributed by atoms with E-state index in [-0.39, 0.29) is 0 Å². The molecule has 0 saturated carbocycles. The number of para-hydroxylation sites is 1. The van der Waals surface area contributed by atoms with E-state index in [0.717, 1.165) is 22.3 Å². The zero-order valence-corrected chi connectivity index (χ0v) is 10.6. The average molecular weight is 250 g/mol. The van der Waals surface area contributed by atoms with E-state index in [4.69, 9.17) is 0 Å². The molecule has 1 heterocycles. The minimum atomic E-state index is 0.970. The van der Waals surface area contributed by atoms with E-state index in [1.807, 2.05) is 66.5 Å². The first kappa shape index (κ1) is 11.5. The molecule has 1 aromatic heterocycles. The number of nitrogens with zero attached hydrogens (tertiary/aromatic N) is 3. The first-order valence-electron chi connectivity index (χ1n) is 6.08. The number of aromatic nitrogens is 2. The van der Waals surface area contributed by atoms with Gasteiger partial charge in [-0.2, -0.15) is 5.10 Å². The molecule has 0 bridgehead atoms. The third-order valence-electron chi connectivity index (χ3n) is 2.93. The van der Waals surface area contributed by atoms with Crippen LogP contribution in [0.5, 0.6) is 0 Å². The first-order valence-corrected chi connectivity index (χ1v) is 6.08. The van der Waals surface area contributed by atoms with Crippen molar-refractivity contribution in [1.82, 2.24) is 9.55 Å². The number of aryl methyl sites for hydroxylation is 1. The molecule has 0 unspecified atom stereocenters. The van der Waals surface area contributed by atoms with Crippen LogP contribution in [-0.4, -0.2) is 15.8 Å². The van der Waals surface area contributed by atoms with Gasteiger partial charge >= 0.3 is 0 Å². The molecule has 4 nitrogen and oxygen atoms in total. The number of hydrogen-bond acceptors (Lipinski definition) is 3. The van der Waals surface area contributed by atoms with Crippen LogP contribution in [0.1, 0.15) is 5.56 Å².